The Kier molecular flexibility index (Phi) is 4.88. The lowest BCUT2D eigenvalue weighted by molar-refractivity contribution is -0.139. The summed E-state index contributed by atoms with van der Waals surface area (Å²) in [4.78, 5) is 27.6. The van der Waals surface area contributed by atoms with E-state index in [1.54, 1.807) is 29.2 Å². The van der Waals surface area contributed by atoms with Crippen LogP contribution in [0.2, 0.25) is 0 Å². The van der Waals surface area contributed by atoms with Gasteiger partial charge in [0.25, 0.3) is 5.91 Å². The summed E-state index contributed by atoms with van der Waals surface area (Å²) in [5.41, 5.74) is 2.37. The van der Waals surface area contributed by atoms with Crippen LogP contribution in [-0.2, 0) is 4.79 Å². The predicted molar refractivity (Wildman–Crippen MR) is 95.6 cm³/mol. The van der Waals surface area contributed by atoms with Gasteiger partial charge in [-0.2, -0.15) is 0 Å². The normalized spacial score (nSPS) is 13.8. The minimum atomic E-state index is -1.05. The second-order valence-corrected chi connectivity index (χ2v) is 5.93. The van der Waals surface area contributed by atoms with E-state index in [2.05, 4.69) is 4.90 Å². The molecular formula is C19H20N2O4. The fourth-order valence-corrected chi connectivity index (χ4v) is 2.95. The second-order valence-electron chi connectivity index (χ2n) is 5.93. The third-order valence-corrected chi connectivity index (χ3v) is 4.15. The predicted octanol–water partition coefficient (Wildman–Crippen LogP) is 2.64. The number of carboxylic acids is 1. The van der Waals surface area contributed by atoms with Crippen LogP contribution in [0.1, 0.15) is 16.8 Å². The maximum Gasteiger partial charge on any atom is 0.341 e. The highest BCUT2D eigenvalue weighted by molar-refractivity contribution is 6.08. The van der Waals surface area contributed by atoms with Crippen LogP contribution in [0.3, 0.4) is 0 Å². The number of aliphatic carboxylic acids is 1. The molecule has 25 heavy (non-hydrogen) atoms. The number of rotatable bonds is 4. The van der Waals surface area contributed by atoms with Crippen molar-refractivity contribution in [2.24, 2.45) is 0 Å². The molecule has 1 amide bonds. The molecular weight excluding hydrogens is 320 g/mol. The van der Waals surface area contributed by atoms with Crippen LogP contribution < -0.4 is 14.5 Å². The number of hydrogen-bond donors (Lipinski definition) is 1. The van der Waals surface area contributed by atoms with Gasteiger partial charge in [-0.1, -0.05) is 18.2 Å². The number of fused-ring (bicyclic) bond motifs is 1. The Balaban J connectivity index is 1.89. The fourth-order valence-electron chi connectivity index (χ4n) is 2.95. The van der Waals surface area contributed by atoms with Gasteiger partial charge < -0.3 is 19.6 Å². The molecule has 0 saturated heterocycles. The first-order valence-electron chi connectivity index (χ1n) is 8.13. The van der Waals surface area contributed by atoms with Crippen molar-refractivity contribution in [1.82, 2.24) is 0 Å². The molecule has 1 aliphatic rings. The molecule has 1 aliphatic heterocycles. The number of para-hydroxylation sites is 2. The Labute approximate surface area is 146 Å². The van der Waals surface area contributed by atoms with Gasteiger partial charge in [0, 0.05) is 25.7 Å². The molecule has 2 aromatic carbocycles. The number of amides is 1. The summed E-state index contributed by atoms with van der Waals surface area (Å²) in [5, 5.41) is 8.72. The van der Waals surface area contributed by atoms with Crippen LogP contribution >= 0.6 is 0 Å². The Bertz CT molecular complexity index is 790. The van der Waals surface area contributed by atoms with Crippen molar-refractivity contribution in [3.63, 3.8) is 0 Å². The first kappa shape index (κ1) is 16.8. The molecule has 0 bridgehead atoms. The van der Waals surface area contributed by atoms with Gasteiger partial charge in [-0.05, 0) is 36.8 Å². The van der Waals surface area contributed by atoms with Crippen LogP contribution in [-0.4, -0.2) is 43.7 Å². The van der Waals surface area contributed by atoms with Gasteiger partial charge in [-0.25, -0.2) is 4.79 Å². The molecule has 0 atom stereocenters. The Morgan fingerprint density at radius 2 is 1.84 bits per heavy atom. The van der Waals surface area contributed by atoms with Crippen molar-refractivity contribution in [2.45, 2.75) is 6.42 Å². The highest BCUT2D eigenvalue weighted by atomic mass is 16.5. The van der Waals surface area contributed by atoms with Crippen LogP contribution in [0.4, 0.5) is 11.4 Å². The van der Waals surface area contributed by atoms with Crippen molar-refractivity contribution in [3.8, 4) is 5.75 Å². The number of carbonyl (C=O) groups excluding carboxylic acids is 1. The van der Waals surface area contributed by atoms with Crippen LogP contribution in [0.15, 0.2) is 48.5 Å². The molecule has 0 saturated carbocycles. The molecule has 6 nitrogen and oxygen atoms in total. The third kappa shape index (κ3) is 3.74. The molecule has 0 aromatic heterocycles. The van der Waals surface area contributed by atoms with Crippen LogP contribution in [0, 0.1) is 0 Å². The van der Waals surface area contributed by atoms with Gasteiger partial charge in [-0.15, -0.1) is 0 Å². The summed E-state index contributed by atoms with van der Waals surface area (Å²) in [7, 11) is 2.02. The zero-order valence-electron chi connectivity index (χ0n) is 14.0. The highest BCUT2D eigenvalue weighted by Gasteiger charge is 2.24. The van der Waals surface area contributed by atoms with Gasteiger partial charge in [-0.3, -0.25) is 4.79 Å². The first-order valence-corrected chi connectivity index (χ1v) is 8.13. The van der Waals surface area contributed by atoms with Crippen LogP contribution in [0.5, 0.6) is 5.75 Å². The van der Waals surface area contributed by atoms with E-state index in [-0.39, 0.29) is 5.91 Å². The molecule has 0 radical (unpaired) electrons. The monoisotopic (exact) mass is 340 g/mol. The minimum Gasteiger partial charge on any atom is -0.482 e. The van der Waals surface area contributed by atoms with E-state index >= 15 is 0 Å². The lowest BCUT2D eigenvalue weighted by Crippen LogP contribution is -2.31. The summed E-state index contributed by atoms with van der Waals surface area (Å²) in [5.74, 6) is -0.807. The maximum absolute atomic E-state index is 13.0. The van der Waals surface area contributed by atoms with Gasteiger partial charge in [0.2, 0.25) is 0 Å². The summed E-state index contributed by atoms with van der Waals surface area (Å²) < 4.78 is 5.18. The van der Waals surface area contributed by atoms with Crippen molar-refractivity contribution < 1.29 is 19.4 Å². The number of benzene rings is 2. The van der Waals surface area contributed by atoms with E-state index in [9.17, 15) is 9.59 Å². The van der Waals surface area contributed by atoms with E-state index in [1.165, 1.54) is 0 Å². The Morgan fingerprint density at radius 1 is 1.08 bits per heavy atom. The van der Waals surface area contributed by atoms with E-state index in [0.29, 0.717) is 17.9 Å². The molecule has 1 heterocycles. The number of nitrogens with zero attached hydrogens (tertiary/aromatic N) is 2. The summed E-state index contributed by atoms with van der Waals surface area (Å²) in [6, 6.07) is 14.5. The maximum atomic E-state index is 13.0. The summed E-state index contributed by atoms with van der Waals surface area (Å²) >= 11 is 0. The van der Waals surface area contributed by atoms with Crippen LogP contribution in [0.25, 0.3) is 0 Å². The number of ether oxygens (including phenoxy) is 1. The number of carboxylic acid groups (broad SMARTS) is 1. The lowest BCUT2D eigenvalue weighted by Gasteiger charge is -2.24. The van der Waals surface area contributed by atoms with E-state index in [1.807, 2.05) is 31.3 Å². The fraction of sp³-hybridized carbons (Fsp3) is 0.263. The molecule has 0 spiro atoms. The average molecular weight is 340 g/mol. The van der Waals surface area contributed by atoms with Crippen molar-refractivity contribution in [2.75, 3.05) is 36.5 Å². The van der Waals surface area contributed by atoms with Gasteiger partial charge in [0.1, 0.15) is 5.75 Å². The van der Waals surface area contributed by atoms with Gasteiger partial charge in [0.15, 0.2) is 6.61 Å². The number of anilines is 2. The van der Waals surface area contributed by atoms with Crippen molar-refractivity contribution >= 4 is 23.3 Å². The van der Waals surface area contributed by atoms with E-state index in [0.717, 1.165) is 24.3 Å². The topological polar surface area (TPSA) is 70.1 Å². The minimum absolute atomic E-state index is 0.122. The summed E-state index contributed by atoms with van der Waals surface area (Å²) in [6.45, 7) is 1.07. The second kappa shape index (κ2) is 7.25. The zero-order valence-corrected chi connectivity index (χ0v) is 14.0. The molecule has 3 rings (SSSR count). The average Bonchev–Trinajstić information content (AvgIpc) is 2.79. The van der Waals surface area contributed by atoms with Gasteiger partial charge in [0.05, 0.1) is 11.4 Å². The van der Waals surface area contributed by atoms with E-state index < -0.39 is 12.6 Å². The Hall–Kier alpha value is -3.02. The lowest BCUT2D eigenvalue weighted by atomic mass is 10.1. The van der Waals surface area contributed by atoms with Gasteiger partial charge >= 0.3 is 5.97 Å². The highest BCUT2D eigenvalue weighted by Crippen LogP contribution is 2.32. The molecule has 130 valence electrons. The molecule has 0 aliphatic carbocycles. The Morgan fingerprint density at radius 3 is 2.60 bits per heavy atom. The molecule has 1 N–H and O–H groups in total. The first-order chi connectivity index (χ1) is 12.1. The summed E-state index contributed by atoms with van der Waals surface area (Å²) in [6.07, 6.45) is 0.867. The smallest absolute Gasteiger partial charge is 0.341 e. The van der Waals surface area contributed by atoms with Crippen molar-refractivity contribution in [1.29, 1.82) is 0 Å². The molecule has 0 unspecified atom stereocenters. The standard InChI is InChI=1S/C19H20N2O4/c1-20-10-5-11-21(17-9-3-2-8-16(17)20)19(24)14-6-4-7-15(12-14)25-13-18(22)23/h2-4,6-9,12H,5,10-11,13H2,1H3,(H,22,23). The van der Waals surface area contributed by atoms with E-state index in [4.69, 9.17) is 9.84 Å². The molecule has 6 heteroatoms. The zero-order chi connectivity index (χ0) is 17.8. The number of hydrogen-bond acceptors (Lipinski definition) is 4. The van der Waals surface area contributed by atoms with Crippen molar-refractivity contribution in [3.05, 3.63) is 54.1 Å². The third-order valence-electron chi connectivity index (χ3n) is 4.15. The quantitative estimate of drug-likeness (QED) is 0.926. The molecule has 0 fully saturated rings. The number of carbonyl (C=O) groups is 2. The largest absolute Gasteiger partial charge is 0.482 e. The SMILES string of the molecule is CN1CCCN(C(=O)c2cccc(OCC(=O)O)c2)c2ccccc21. The molecule has 2 aromatic rings.